The summed E-state index contributed by atoms with van der Waals surface area (Å²) in [7, 11) is 4.99. The van der Waals surface area contributed by atoms with Crippen molar-refractivity contribution in [1.29, 1.82) is 0 Å². The molecular weight excluding hydrogens is 554 g/mol. The number of nitrogens with zero attached hydrogens (tertiary/aromatic N) is 2. The summed E-state index contributed by atoms with van der Waals surface area (Å²) in [6.45, 7) is 4.83. The minimum atomic E-state index is -2.76. The second kappa shape index (κ2) is 11.0. The number of primary amides is 1. The van der Waals surface area contributed by atoms with Gasteiger partial charge in [-0.15, -0.1) is 0 Å². The van der Waals surface area contributed by atoms with Crippen LogP contribution < -0.4 is 5.73 Å². The van der Waals surface area contributed by atoms with Gasteiger partial charge in [0.25, 0.3) is 0 Å². The van der Waals surface area contributed by atoms with Crippen LogP contribution in [0.1, 0.15) is 41.8 Å². The molecule has 1 aromatic carbocycles. The van der Waals surface area contributed by atoms with Crippen molar-refractivity contribution in [3.8, 4) is 16.9 Å². The van der Waals surface area contributed by atoms with Gasteiger partial charge in [-0.1, -0.05) is 11.6 Å². The fourth-order valence-electron chi connectivity index (χ4n) is 7.39. The molecular formula is C32H37N3O8. The number of phenolic OH excluding ortho intramolecular Hbond substituents is 1. The second-order valence-electron chi connectivity index (χ2n) is 12.4. The summed E-state index contributed by atoms with van der Waals surface area (Å²) < 4.78 is 5.34. The lowest BCUT2D eigenvalue weighted by atomic mass is 9.52. The Morgan fingerprint density at radius 1 is 1.19 bits per heavy atom. The maximum atomic E-state index is 14.3. The monoisotopic (exact) mass is 591 g/mol. The van der Waals surface area contributed by atoms with Crippen molar-refractivity contribution < 1.29 is 38.6 Å². The van der Waals surface area contributed by atoms with E-state index in [0.29, 0.717) is 35.3 Å². The van der Waals surface area contributed by atoms with Crippen molar-refractivity contribution in [2.24, 2.45) is 29.4 Å². The highest BCUT2D eigenvalue weighted by Crippen LogP contribution is 2.52. The summed E-state index contributed by atoms with van der Waals surface area (Å²) in [5.74, 6) is -10.7. The van der Waals surface area contributed by atoms with Crippen LogP contribution in [0.25, 0.3) is 11.1 Å². The van der Waals surface area contributed by atoms with E-state index in [2.05, 4.69) is 0 Å². The van der Waals surface area contributed by atoms with Gasteiger partial charge in [0.1, 0.15) is 5.75 Å². The number of allylic oxidation sites excluding steroid dienone is 1. The largest absolute Gasteiger partial charge is 0.507 e. The second-order valence-corrected chi connectivity index (χ2v) is 12.4. The van der Waals surface area contributed by atoms with E-state index in [1.165, 1.54) is 17.4 Å². The number of hydrogen-bond donors (Lipinski definition) is 3. The zero-order chi connectivity index (χ0) is 31.5. The third-order valence-corrected chi connectivity index (χ3v) is 9.42. The Labute approximate surface area is 249 Å². The summed E-state index contributed by atoms with van der Waals surface area (Å²) in [6, 6.07) is 2.42. The molecule has 3 aliphatic rings. The molecule has 0 aliphatic heterocycles. The number of hydrogen-bond acceptors (Lipinski definition) is 10. The molecule has 0 spiro atoms. The SMILES string of the molecule is CC=C(C)CN(C)Cc1cc(-c2ccoc2)c2c(c1O)C(=O)C1C(=O)[C@]3(O)C(=O)C(C(N)=O)C(=O)[C@@H](N(C)C)[C@@H]3C[C@@H]1C2. The van der Waals surface area contributed by atoms with Gasteiger partial charge in [-0.05, 0) is 77.0 Å². The van der Waals surface area contributed by atoms with Crippen molar-refractivity contribution in [3.05, 3.63) is 53.0 Å². The van der Waals surface area contributed by atoms with Gasteiger partial charge in [-0.25, -0.2) is 0 Å². The predicted octanol–water partition coefficient (Wildman–Crippen LogP) is 1.53. The number of carbonyl (C=O) groups excluding carboxylic acids is 5. The first-order valence-electron chi connectivity index (χ1n) is 14.3. The third kappa shape index (κ3) is 4.66. The number of carbonyl (C=O) groups is 5. The number of likely N-dealkylation sites (N-methyl/N-ethyl adjacent to an activating group) is 2. The summed E-state index contributed by atoms with van der Waals surface area (Å²) in [5, 5.41) is 23.3. The molecule has 0 bridgehead atoms. The van der Waals surface area contributed by atoms with Crippen LogP contribution in [-0.2, 0) is 32.1 Å². The molecule has 43 heavy (non-hydrogen) atoms. The molecule has 2 aromatic rings. The molecule has 2 saturated carbocycles. The molecule has 4 N–H and O–H groups in total. The zero-order valence-corrected chi connectivity index (χ0v) is 24.9. The van der Waals surface area contributed by atoms with Crippen LogP contribution in [0.3, 0.4) is 0 Å². The van der Waals surface area contributed by atoms with Crippen molar-refractivity contribution >= 4 is 29.0 Å². The van der Waals surface area contributed by atoms with Crippen molar-refractivity contribution in [3.63, 3.8) is 0 Å². The molecule has 3 aliphatic carbocycles. The van der Waals surface area contributed by atoms with E-state index in [4.69, 9.17) is 10.2 Å². The summed E-state index contributed by atoms with van der Waals surface area (Å²) in [5.41, 5.74) is 6.08. The average Bonchev–Trinajstić information content (AvgIpc) is 3.46. The van der Waals surface area contributed by atoms with Crippen LogP contribution in [0, 0.1) is 23.7 Å². The minimum Gasteiger partial charge on any atom is -0.507 e. The van der Waals surface area contributed by atoms with Gasteiger partial charge < -0.3 is 20.4 Å². The van der Waals surface area contributed by atoms with Crippen LogP contribution in [0.5, 0.6) is 5.75 Å². The van der Waals surface area contributed by atoms with E-state index in [1.807, 2.05) is 37.9 Å². The lowest BCUT2D eigenvalue weighted by Gasteiger charge is -2.52. The number of benzene rings is 1. The lowest BCUT2D eigenvalue weighted by Crippen LogP contribution is -2.74. The van der Waals surface area contributed by atoms with Gasteiger partial charge in [0, 0.05) is 30.1 Å². The number of rotatable bonds is 7. The van der Waals surface area contributed by atoms with Gasteiger partial charge in [-0.2, -0.15) is 0 Å². The first-order chi connectivity index (χ1) is 20.2. The highest BCUT2D eigenvalue weighted by atomic mass is 16.3. The maximum absolute atomic E-state index is 14.3. The van der Waals surface area contributed by atoms with E-state index in [-0.39, 0.29) is 24.2 Å². The number of fused-ring (bicyclic) bond motifs is 3. The van der Waals surface area contributed by atoms with Crippen LogP contribution in [0.4, 0.5) is 0 Å². The molecule has 5 rings (SSSR count). The average molecular weight is 592 g/mol. The fraction of sp³-hybridized carbons (Fsp3) is 0.469. The molecule has 11 heteroatoms. The Bertz CT molecular complexity index is 1560. The lowest BCUT2D eigenvalue weighted by molar-refractivity contribution is -0.181. The third-order valence-electron chi connectivity index (χ3n) is 9.42. The standard InChI is InChI=1S/C32H37N3O8/c1-6-15(2)12-35(5)13-18-10-19(16-7-8-43-14-16)20-9-17-11-21-25(34(3)4)28(38)24(31(33)41)30(40)32(21,42)29(39)22(17)27(37)23(20)26(18)36/h6-8,10,14,17,21-22,24-25,36,42H,9,11-13H2,1-5H3,(H2,33,41)/t17-,21-,22?,24?,25-,32-/m0/s1. The Morgan fingerprint density at radius 2 is 1.88 bits per heavy atom. The van der Waals surface area contributed by atoms with Crippen LogP contribution >= 0.6 is 0 Å². The topological polar surface area (TPSA) is 171 Å². The van der Waals surface area contributed by atoms with Crippen LogP contribution in [-0.4, -0.2) is 88.4 Å². The minimum absolute atomic E-state index is 0.0113. The van der Waals surface area contributed by atoms with Crippen molar-refractivity contribution in [1.82, 2.24) is 9.80 Å². The van der Waals surface area contributed by atoms with Crippen LogP contribution in [0.15, 0.2) is 40.7 Å². The summed E-state index contributed by atoms with van der Waals surface area (Å²) >= 11 is 0. The van der Waals surface area contributed by atoms with Gasteiger partial charge in [-0.3, -0.25) is 33.8 Å². The Kier molecular flexibility index (Phi) is 7.78. The van der Waals surface area contributed by atoms with Crippen molar-refractivity contribution in [2.75, 3.05) is 27.7 Å². The molecule has 1 amide bonds. The summed E-state index contributed by atoms with van der Waals surface area (Å²) in [6.07, 6.45) is 5.19. The molecule has 0 saturated heterocycles. The number of furan rings is 1. The number of Topliss-reactive ketones (excluding diaryl/α,β-unsaturated/α-hetero) is 4. The smallest absolute Gasteiger partial charge is 0.235 e. The van der Waals surface area contributed by atoms with Gasteiger partial charge >= 0.3 is 0 Å². The number of ketones is 4. The molecule has 0 radical (unpaired) electrons. The number of amides is 1. The van der Waals surface area contributed by atoms with E-state index in [1.54, 1.807) is 20.2 Å². The molecule has 2 fully saturated rings. The van der Waals surface area contributed by atoms with Crippen LogP contribution in [0.2, 0.25) is 0 Å². The van der Waals surface area contributed by atoms with Gasteiger partial charge in [0.05, 0.1) is 30.0 Å². The highest BCUT2D eigenvalue weighted by molar-refractivity contribution is 6.32. The Morgan fingerprint density at radius 3 is 2.47 bits per heavy atom. The molecule has 228 valence electrons. The zero-order valence-electron chi connectivity index (χ0n) is 24.9. The highest BCUT2D eigenvalue weighted by Gasteiger charge is 2.69. The molecule has 1 aromatic heterocycles. The molecule has 11 nitrogen and oxygen atoms in total. The van der Waals surface area contributed by atoms with E-state index in [0.717, 1.165) is 5.57 Å². The van der Waals surface area contributed by atoms with E-state index < -0.39 is 64.4 Å². The quantitative estimate of drug-likeness (QED) is 0.317. The first kappa shape index (κ1) is 30.5. The van der Waals surface area contributed by atoms with Gasteiger partial charge in [0.2, 0.25) is 5.91 Å². The molecule has 6 atom stereocenters. The first-order valence-corrected chi connectivity index (χ1v) is 14.3. The molecule has 2 unspecified atom stereocenters. The fourth-order valence-corrected chi connectivity index (χ4v) is 7.39. The number of phenols is 1. The number of aliphatic hydroxyl groups is 1. The molecule has 1 heterocycles. The van der Waals surface area contributed by atoms with Crippen molar-refractivity contribution in [2.45, 2.75) is 44.9 Å². The van der Waals surface area contributed by atoms with E-state index >= 15 is 0 Å². The normalized spacial score (nSPS) is 29.1. The maximum Gasteiger partial charge on any atom is 0.235 e. The predicted molar refractivity (Wildman–Crippen MR) is 155 cm³/mol. The Balaban J connectivity index is 1.65. The summed E-state index contributed by atoms with van der Waals surface area (Å²) in [4.78, 5) is 70.9. The van der Waals surface area contributed by atoms with Gasteiger partial charge in [0.15, 0.2) is 34.7 Å². The number of nitrogens with two attached hydrogens (primary N) is 1. The number of aromatic hydroxyl groups is 1. The van der Waals surface area contributed by atoms with E-state index in [9.17, 15) is 34.2 Å². The Hall–Kier alpha value is -3.93.